The van der Waals surface area contributed by atoms with Gasteiger partial charge in [-0.05, 0) is 25.2 Å². The minimum absolute atomic E-state index is 0.665. The maximum atomic E-state index is 5.20. The van der Waals surface area contributed by atoms with Crippen molar-refractivity contribution in [3.8, 4) is 0 Å². The lowest BCUT2D eigenvalue weighted by Gasteiger charge is -2.31. The van der Waals surface area contributed by atoms with E-state index in [0.717, 1.165) is 25.2 Å². The second-order valence-electron chi connectivity index (χ2n) is 5.26. The van der Waals surface area contributed by atoms with Gasteiger partial charge in [-0.1, -0.05) is 32.6 Å². The van der Waals surface area contributed by atoms with Crippen LogP contribution in [-0.2, 0) is 4.74 Å². The third-order valence-electron chi connectivity index (χ3n) is 3.89. The van der Waals surface area contributed by atoms with Gasteiger partial charge in [-0.25, -0.2) is 0 Å². The quantitative estimate of drug-likeness (QED) is 0.722. The summed E-state index contributed by atoms with van der Waals surface area (Å²) >= 11 is 0. The monoisotopic (exact) mass is 211 g/mol. The molecular weight excluding hydrogens is 186 g/mol. The Morgan fingerprint density at radius 2 is 1.93 bits per heavy atom. The zero-order chi connectivity index (χ0) is 10.5. The van der Waals surface area contributed by atoms with E-state index in [0.29, 0.717) is 6.04 Å². The van der Waals surface area contributed by atoms with Crippen LogP contribution in [0.5, 0.6) is 0 Å². The van der Waals surface area contributed by atoms with Crippen LogP contribution in [0.25, 0.3) is 0 Å². The van der Waals surface area contributed by atoms with Crippen molar-refractivity contribution < 1.29 is 4.74 Å². The Kier molecular flexibility index (Phi) is 4.45. The van der Waals surface area contributed by atoms with Gasteiger partial charge in [-0.3, -0.25) is 0 Å². The molecule has 15 heavy (non-hydrogen) atoms. The van der Waals surface area contributed by atoms with Crippen molar-refractivity contribution in [2.24, 2.45) is 5.92 Å². The van der Waals surface area contributed by atoms with Gasteiger partial charge in [0.05, 0.1) is 19.3 Å². The fraction of sp³-hybridized carbons (Fsp3) is 1.00. The second kappa shape index (κ2) is 5.86. The predicted molar refractivity (Wildman–Crippen MR) is 63.0 cm³/mol. The summed E-state index contributed by atoms with van der Waals surface area (Å²) in [6, 6.07) is 1.44. The van der Waals surface area contributed by atoms with Gasteiger partial charge in [0.25, 0.3) is 0 Å². The van der Waals surface area contributed by atoms with Gasteiger partial charge in [0.15, 0.2) is 0 Å². The van der Waals surface area contributed by atoms with Crippen molar-refractivity contribution in [2.45, 2.75) is 64.0 Å². The number of hydrogen-bond acceptors (Lipinski definition) is 2. The highest BCUT2D eigenvalue weighted by atomic mass is 16.5. The Bertz CT molecular complexity index is 179. The lowest BCUT2D eigenvalue weighted by molar-refractivity contribution is -0.0108. The van der Waals surface area contributed by atoms with Crippen LogP contribution in [0, 0.1) is 5.92 Å². The van der Waals surface area contributed by atoms with Gasteiger partial charge >= 0.3 is 0 Å². The van der Waals surface area contributed by atoms with Crippen LogP contribution >= 0.6 is 0 Å². The third kappa shape index (κ3) is 3.46. The predicted octanol–water partition coefficient (Wildman–Crippen LogP) is 2.72. The molecule has 0 spiro atoms. The van der Waals surface area contributed by atoms with Crippen LogP contribution < -0.4 is 5.32 Å². The lowest BCUT2D eigenvalue weighted by atomic mass is 9.95. The molecule has 1 saturated carbocycles. The first-order valence-corrected chi connectivity index (χ1v) is 6.72. The first-order valence-electron chi connectivity index (χ1n) is 6.72. The van der Waals surface area contributed by atoms with Crippen LogP contribution in [0.2, 0.25) is 0 Å². The topological polar surface area (TPSA) is 21.3 Å². The third-order valence-corrected chi connectivity index (χ3v) is 3.89. The minimum Gasteiger partial charge on any atom is -0.378 e. The molecule has 0 bridgehead atoms. The van der Waals surface area contributed by atoms with Gasteiger partial charge in [-0.2, -0.15) is 0 Å². The van der Waals surface area contributed by atoms with Gasteiger partial charge in [0.1, 0.15) is 0 Å². The highest BCUT2D eigenvalue weighted by Crippen LogP contribution is 2.27. The first kappa shape index (κ1) is 11.4. The van der Waals surface area contributed by atoms with Crippen LogP contribution in [0.15, 0.2) is 0 Å². The van der Waals surface area contributed by atoms with E-state index in [-0.39, 0.29) is 0 Å². The lowest BCUT2D eigenvalue weighted by Crippen LogP contribution is -2.50. The van der Waals surface area contributed by atoms with Crippen LogP contribution in [0.4, 0.5) is 0 Å². The van der Waals surface area contributed by atoms with E-state index in [9.17, 15) is 0 Å². The van der Waals surface area contributed by atoms with Crippen molar-refractivity contribution in [2.75, 3.05) is 13.2 Å². The van der Waals surface area contributed by atoms with Crippen LogP contribution in [0.3, 0.4) is 0 Å². The zero-order valence-electron chi connectivity index (χ0n) is 10.0. The van der Waals surface area contributed by atoms with Gasteiger partial charge in [0, 0.05) is 6.04 Å². The van der Waals surface area contributed by atoms with Crippen molar-refractivity contribution in [1.29, 1.82) is 0 Å². The van der Waals surface area contributed by atoms with E-state index in [1.54, 1.807) is 0 Å². The SMILES string of the molecule is CCCC1CCCC(NC2COC2)CC1. The zero-order valence-corrected chi connectivity index (χ0v) is 10.0. The smallest absolute Gasteiger partial charge is 0.0643 e. The van der Waals surface area contributed by atoms with E-state index >= 15 is 0 Å². The Hall–Kier alpha value is -0.0800. The summed E-state index contributed by atoms with van der Waals surface area (Å²) < 4.78 is 5.20. The van der Waals surface area contributed by atoms with Gasteiger partial charge < -0.3 is 10.1 Å². The molecule has 2 unspecified atom stereocenters. The summed E-state index contributed by atoms with van der Waals surface area (Å²) in [5.41, 5.74) is 0. The van der Waals surface area contributed by atoms with Gasteiger partial charge in [-0.15, -0.1) is 0 Å². The van der Waals surface area contributed by atoms with E-state index in [1.165, 1.54) is 44.9 Å². The minimum atomic E-state index is 0.665. The summed E-state index contributed by atoms with van der Waals surface area (Å²) in [6.45, 7) is 4.19. The van der Waals surface area contributed by atoms with Crippen LogP contribution in [0.1, 0.15) is 51.9 Å². The van der Waals surface area contributed by atoms with E-state index < -0.39 is 0 Å². The molecule has 0 amide bonds. The van der Waals surface area contributed by atoms with Crippen molar-refractivity contribution in [1.82, 2.24) is 5.32 Å². The maximum Gasteiger partial charge on any atom is 0.0643 e. The Balaban J connectivity index is 1.68. The molecule has 1 saturated heterocycles. The van der Waals surface area contributed by atoms with E-state index in [2.05, 4.69) is 12.2 Å². The fourth-order valence-electron chi connectivity index (χ4n) is 2.91. The first-order chi connectivity index (χ1) is 7.38. The largest absolute Gasteiger partial charge is 0.378 e. The Labute approximate surface area is 93.8 Å². The van der Waals surface area contributed by atoms with Crippen molar-refractivity contribution >= 4 is 0 Å². The Morgan fingerprint density at radius 1 is 1.07 bits per heavy atom. The number of ether oxygens (including phenoxy) is 1. The number of rotatable bonds is 4. The molecule has 0 aromatic carbocycles. The molecule has 88 valence electrons. The molecule has 1 heterocycles. The average molecular weight is 211 g/mol. The normalized spacial score (nSPS) is 33.4. The Morgan fingerprint density at radius 3 is 2.60 bits per heavy atom. The molecule has 1 aliphatic heterocycles. The molecule has 2 atom stereocenters. The summed E-state index contributed by atoms with van der Waals surface area (Å²) in [5, 5.41) is 3.73. The van der Waals surface area contributed by atoms with E-state index in [4.69, 9.17) is 4.74 Å². The molecule has 0 radical (unpaired) electrons. The summed E-state index contributed by atoms with van der Waals surface area (Å²) in [7, 11) is 0. The summed E-state index contributed by atoms with van der Waals surface area (Å²) in [6.07, 6.45) is 9.92. The van der Waals surface area contributed by atoms with E-state index in [1.807, 2.05) is 0 Å². The molecule has 2 nitrogen and oxygen atoms in total. The maximum absolute atomic E-state index is 5.20. The fourth-order valence-corrected chi connectivity index (χ4v) is 2.91. The summed E-state index contributed by atoms with van der Waals surface area (Å²) in [4.78, 5) is 0. The van der Waals surface area contributed by atoms with Gasteiger partial charge in [0.2, 0.25) is 0 Å². The highest BCUT2D eigenvalue weighted by Gasteiger charge is 2.24. The molecule has 2 rings (SSSR count). The van der Waals surface area contributed by atoms with Crippen LogP contribution in [-0.4, -0.2) is 25.3 Å². The number of hydrogen-bond donors (Lipinski definition) is 1. The molecular formula is C13H25NO. The molecule has 2 heteroatoms. The highest BCUT2D eigenvalue weighted by molar-refractivity contribution is 4.81. The summed E-state index contributed by atoms with van der Waals surface area (Å²) in [5.74, 6) is 1.01. The average Bonchev–Trinajstić information content (AvgIpc) is 2.38. The number of nitrogens with one attached hydrogen (secondary N) is 1. The van der Waals surface area contributed by atoms with Crippen molar-refractivity contribution in [3.05, 3.63) is 0 Å². The second-order valence-corrected chi connectivity index (χ2v) is 5.26. The van der Waals surface area contributed by atoms with Crippen molar-refractivity contribution in [3.63, 3.8) is 0 Å². The standard InChI is InChI=1S/C13H25NO/c1-2-4-11-5-3-6-12(8-7-11)14-13-9-15-10-13/h11-14H,2-10H2,1H3. The molecule has 2 aliphatic rings. The molecule has 0 aromatic rings. The molecule has 0 aromatic heterocycles. The molecule has 1 aliphatic carbocycles. The molecule has 2 fully saturated rings. The molecule has 1 N–H and O–H groups in total.